The summed E-state index contributed by atoms with van der Waals surface area (Å²) >= 11 is 0. The van der Waals surface area contributed by atoms with Crippen LogP contribution < -0.4 is 14.8 Å². The Kier molecular flexibility index (Phi) is 8.48. The van der Waals surface area contributed by atoms with E-state index in [-0.39, 0.29) is 4.90 Å². The minimum Gasteiger partial charge on any atom is -0.496 e. The molecule has 1 aliphatic heterocycles. The van der Waals surface area contributed by atoms with E-state index < -0.39 is 22.0 Å². The van der Waals surface area contributed by atoms with Gasteiger partial charge in [0.2, 0.25) is 10.0 Å². The van der Waals surface area contributed by atoms with Crippen molar-refractivity contribution in [2.75, 3.05) is 27.3 Å². The molecule has 0 radical (unpaired) electrons. The van der Waals surface area contributed by atoms with Crippen LogP contribution in [0.1, 0.15) is 24.0 Å². The van der Waals surface area contributed by atoms with Gasteiger partial charge in [-0.3, -0.25) is 4.79 Å². The summed E-state index contributed by atoms with van der Waals surface area (Å²) in [6, 6.07) is 19.1. The first-order chi connectivity index (χ1) is 17.8. The Morgan fingerprint density at radius 1 is 0.919 bits per heavy atom. The number of ether oxygens (including phenoxy) is 2. The Morgan fingerprint density at radius 3 is 2.03 bits per heavy atom. The summed E-state index contributed by atoms with van der Waals surface area (Å²) in [6.45, 7) is 1.41. The zero-order valence-electron chi connectivity index (χ0n) is 21.0. The van der Waals surface area contributed by atoms with Crippen LogP contribution in [0.25, 0.3) is 11.1 Å². The van der Waals surface area contributed by atoms with Gasteiger partial charge in [-0.05, 0) is 60.2 Å². The highest BCUT2D eigenvalue weighted by molar-refractivity contribution is 7.89. The first-order valence-corrected chi connectivity index (χ1v) is 13.6. The lowest BCUT2D eigenvalue weighted by atomic mass is 9.99. The average Bonchev–Trinajstić information content (AvgIpc) is 3.47. The first kappa shape index (κ1) is 26.7. The summed E-state index contributed by atoms with van der Waals surface area (Å²) in [7, 11) is -0.257. The van der Waals surface area contributed by atoms with Gasteiger partial charge in [0.1, 0.15) is 17.5 Å². The number of sulfonamides is 1. The third-order valence-electron chi connectivity index (χ3n) is 6.59. The second-order valence-electron chi connectivity index (χ2n) is 8.97. The molecule has 8 nitrogen and oxygen atoms in total. The predicted molar refractivity (Wildman–Crippen MR) is 141 cm³/mol. The van der Waals surface area contributed by atoms with Crippen LogP contribution in [0, 0.1) is 0 Å². The molecule has 1 heterocycles. The Labute approximate surface area is 217 Å². The molecule has 0 saturated carbocycles. The summed E-state index contributed by atoms with van der Waals surface area (Å²) in [4.78, 5) is 12.2. The zero-order valence-corrected chi connectivity index (χ0v) is 21.8. The molecule has 37 heavy (non-hydrogen) atoms. The van der Waals surface area contributed by atoms with Crippen LogP contribution in [0.15, 0.2) is 71.6 Å². The quantitative estimate of drug-likeness (QED) is 0.391. The van der Waals surface area contributed by atoms with Gasteiger partial charge < -0.3 is 19.9 Å². The van der Waals surface area contributed by atoms with Crippen LogP contribution in [-0.2, 0) is 27.8 Å². The second kappa shape index (κ2) is 11.8. The predicted octanol–water partition coefficient (Wildman–Crippen LogP) is 3.94. The van der Waals surface area contributed by atoms with E-state index in [2.05, 4.69) is 5.32 Å². The van der Waals surface area contributed by atoms with Gasteiger partial charge in [0.15, 0.2) is 0 Å². The fraction of sp³-hybridized carbons (Fsp3) is 0.321. The van der Waals surface area contributed by atoms with E-state index in [1.807, 2.05) is 42.5 Å². The van der Waals surface area contributed by atoms with Crippen molar-refractivity contribution in [2.24, 2.45) is 0 Å². The van der Waals surface area contributed by atoms with Gasteiger partial charge in [0, 0.05) is 19.6 Å². The van der Waals surface area contributed by atoms with Crippen LogP contribution in [0.5, 0.6) is 11.5 Å². The van der Waals surface area contributed by atoms with E-state index in [1.165, 1.54) is 4.31 Å². The average molecular weight is 525 g/mol. The fourth-order valence-corrected chi connectivity index (χ4v) is 6.04. The maximum Gasteiger partial charge on any atom is 0.321 e. The number of methoxy groups -OCH3 is 2. The van der Waals surface area contributed by atoms with Gasteiger partial charge in [-0.15, -0.1) is 0 Å². The topological polar surface area (TPSA) is 105 Å². The third kappa shape index (κ3) is 6.12. The Balaban J connectivity index is 1.41. The monoisotopic (exact) mass is 524 g/mol. The van der Waals surface area contributed by atoms with Crippen molar-refractivity contribution in [3.8, 4) is 22.6 Å². The molecule has 1 fully saturated rings. The summed E-state index contributed by atoms with van der Waals surface area (Å²) in [5, 5.41) is 12.9. The number of carbonyl (C=O) groups is 1. The molecule has 0 bridgehead atoms. The van der Waals surface area contributed by atoms with Crippen LogP contribution in [0.3, 0.4) is 0 Å². The number of carboxylic acid groups (broad SMARTS) is 1. The van der Waals surface area contributed by atoms with Gasteiger partial charge in [-0.25, -0.2) is 8.42 Å². The van der Waals surface area contributed by atoms with Crippen molar-refractivity contribution in [1.82, 2.24) is 9.62 Å². The molecule has 0 aliphatic carbocycles. The summed E-state index contributed by atoms with van der Waals surface area (Å²) in [6.07, 6.45) is 2.06. The highest BCUT2D eigenvalue weighted by Crippen LogP contribution is 2.38. The minimum absolute atomic E-state index is 0.264. The molecule has 9 heteroatoms. The molecule has 0 unspecified atom stereocenters. The van der Waals surface area contributed by atoms with Crippen molar-refractivity contribution in [3.63, 3.8) is 0 Å². The SMILES string of the molecule is COc1cccc(OC)c1-c1ccc(C[C@H](NCc2ccc(S(=O)(=O)N3CCCC3)cc2)C(=O)O)cc1. The molecule has 1 saturated heterocycles. The van der Waals surface area contributed by atoms with Gasteiger partial charge >= 0.3 is 5.97 Å². The lowest BCUT2D eigenvalue weighted by Gasteiger charge is -2.17. The Bertz CT molecular complexity index is 1300. The normalized spacial score (nSPS) is 14.9. The third-order valence-corrected chi connectivity index (χ3v) is 8.50. The second-order valence-corrected chi connectivity index (χ2v) is 10.9. The van der Waals surface area contributed by atoms with Crippen molar-refractivity contribution in [2.45, 2.75) is 36.7 Å². The fourth-order valence-electron chi connectivity index (χ4n) is 4.52. The lowest BCUT2D eigenvalue weighted by Crippen LogP contribution is -2.38. The van der Waals surface area contributed by atoms with Gasteiger partial charge in [0.25, 0.3) is 0 Å². The van der Waals surface area contributed by atoms with E-state index in [0.717, 1.165) is 35.1 Å². The smallest absolute Gasteiger partial charge is 0.321 e. The van der Waals surface area contributed by atoms with Gasteiger partial charge in [-0.1, -0.05) is 42.5 Å². The maximum atomic E-state index is 12.7. The summed E-state index contributed by atoms with van der Waals surface area (Å²) in [5.41, 5.74) is 3.42. The van der Waals surface area contributed by atoms with E-state index >= 15 is 0 Å². The van der Waals surface area contributed by atoms with Gasteiger partial charge in [-0.2, -0.15) is 4.31 Å². The number of benzene rings is 3. The van der Waals surface area contributed by atoms with Crippen molar-refractivity contribution >= 4 is 16.0 Å². The number of hydrogen-bond acceptors (Lipinski definition) is 6. The maximum absolute atomic E-state index is 12.7. The van der Waals surface area contributed by atoms with Crippen LogP contribution in [-0.4, -0.2) is 57.1 Å². The number of rotatable bonds is 11. The molecule has 2 N–H and O–H groups in total. The highest BCUT2D eigenvalue weighted by atomic mass is 32.2. The van der Waals surface area contributed by atoms with E-state index in [4.69, 9.17) is 9.47 Å². The molecule has 1 aliphatic rings. The molecular formula is C28H32N2O6S. The molecule has 4 rings (SSSR count). The molecule has 1 atom stereocenters. The molecule has 0 aromatic heterocycles. The van der Waals surface area contributed by atoms with Crippen LogP contribution in [0.2, 0.25) is 0 Å². The number of nitrogens with zero attached hydrogens (tertiary/aromatic N) is 1. The standard InChI is InChI=1S/C28H32N2O6S/c1-35-25-6-5-7-26(36-2)27(25)22-12-8-20(9-13-22)18-24(28(31)32)29-19-21-10-14-23(15-11-21)37(33,34)30-16-3-4-17-30/h5-15,24,29H,3-4,16-19H2,1-2H3,(H,31,32)/t24-/m0/s1. The molecular weight excluding hydrogens is 492 g/mol. The zero-order chi connectivity index (χ0) is 26.4. The Hall–Kier alpha value is -3.40. The number of nitrogens with one attached hydrogen (secondary N) is 1. The summed E-state index contributed by atoms with van der Waals surface area (Å²) < 4.78 is 37.9. The van der Waals surface area contributed by atoms with Crippen molar-refractivity contribution < 1.29 is 27.8 Å². The molecule has 196 valence electrons. The van der Waals surface area contributed by atoms with E-state index in [9.17, 15) is 18.3 Å². The molecule has 3 aromatic rings. The number of carboxylic acids is 1. The first-order valence-electron chi connectivity index (χ1n) is 12.2. The lowest BCUT2D eigenvalue weighted by molar-refractivity contribution is -0.139. The molecule has 0 amide bonds. The largest absolute Gasteiger partial charge is 0.496 e. The summed E-state index contributed by atoms with van der Waals surface area (Å²) in [5.74, 6) is 0.427. The van der Waals surface area contributed by atoms with Crippen LogP contribution >= 0.6 is 0 Å². The van der Waals surface area contributed by atoms with Crippen molar-refractivity contribution in [3.05, 3.63) is 77.9 Å². The van der Waals surface area contributed by atoms with Gasteiger partial charge in [0.05, 0.1) is 24.7 Å². The molecule has 3 aromatic carbocycles. The van der Waals surface area contributed by atoms with E-state index in [0.29, 0.717) is 37.6 Å². The minimum atomic E-state index is -3.47. The number of hydrogen-bond donors (Lipinski definition) is 2. The Morgan fingerprint density at radius 2 is 1.49 bits per heavy atom. The highest BCUT2D eigenvalue weighted by Gasteiger charge is 2.27. The van der Waals surface area contributed by atoms with Crippen molar-refractivity contribution in [1.29, 1.82) is 0 Å². The van der Waals surface area contributed by atoms with E-state index in [1.54, 1.807) is 38.5 Å². The molecule has 0 spiro atoms. The van der Waals surface area contributed by atoms with Crippen LogP contribution in [0.4, 0.5) is 0 Å². The number of aliphatic carboxylic acids is 1.